The van der Waals surface area contributed by atoms with Crippen molar-refractivity contribution in [3.05, 3.63) is 0 Å². The van der Waals surface area contributed by atoms with E-state index in [1.54, 1.807) is 4.90 Å². The number of nitrogens with zero attached hydrogens (tertiary/aromatic N) is 2. The van der Waals surface area contributed by atoms with Crippen LogP contribution in [-0.2, 0) is 4.79 Å². The molecule has 94 valence electrons. The van der Waals surface area contributed by atoms with E-state index in [4.69, 9.17) is 0 Å². The lowest BCUT2D eigenvalue weighted by molar-refractivity contribution is -0.131. The monoisotopic (exact) mass is 229 g/mol. The molecule has 0 spiro atoms. The van der Waals surface area contributed by atoms with Crippen LogP contribution >= 0.6 is 0 Å². The molecule has 1 saturated heterocycles. The van der Waals surface area contributed by atoms with Gasteiger partial charge >= 0.3 is 0 Å². The van der Waals surface area contributed by atoms with Crippen molar-refractivity contribution in [2.45, 2.75) is 25.5 Å². The third-order valence-corrected chi connectivity index (χ3v) is 2.81. The van der Waals surface area contributed by atoms with Gasteiger partial charge in [-0.15, -0.1) is 0 Å². The van der Waals surface area contributed by atoms with Gasteiger partial charge in [0.2, 0.25) is 5.91 Å². The Kier molecular flexibility index (Phi) is 5.18. The summed E-state index contributed by atoms with van der Waals surface area (Å²) in [6, 6.07) is 0.149. The predicted octanol–water partition coefficient (Wildman–Crippen LogP) is -0.881. The van der Waals surface area contributed by atoms with Crippen molar-refractivity contribution in [1.82, 2.24) is 15.1 Å². The summed E-state index contributed by atoms with van der Waals surface area (Å²) < 4.78 is 0. The highest BCUT2D eigenvalue weighted by molar-refractivity contribution is 5.79. The summed E-state index contributed by atoms with van der Waals surface area (Å²) in [4.78, 5) is 15.7. The van der Waals surface area contributed by atoms with Crippen molar-refractivity contribution in [1.29, 1.82) is 0 Å². The molecule has 0 radical (unpaired) electrons. The largest absolute Gasteiger partial charge is 0.391 e. The zero-order valence-corrected chi connectivity index (χ0v) is 10.4. The fourth-order valence-corrected chi connectivity index (χ4v) is 2.13. The third kappa shape index (κ3) is 3.73. The minimum atomic E-state index is -0.365. The summed E-state index contributed by atoms with van der Waals surface area (Å²) in [5.74, 6) is 0.0882. The number of hydrogen-bond donors (Lipinski definition) is 2. The van der Waals surface area contributed by atoms with E-state index in [9.17, 15) is 9.90 Å². The van der Waals surface area contributed by atoms with Crippen LogP contribution in [0.25, 0.3) is 0 Å². The number of aliphatic hydroxyl groups excluding tert-OH is 1. The molecule has 0 aromatic rings. The van der Waals surface area contributed by atoms with Crippen LogP contribution in [-0.4, -0.2) is 73.2 Å². The van der Waals surface area contributed by atoms with Gasteiger partial charge in [0.05, 0.1) is 12.6 Å². The first-order valence-electron chi connectivity index (χ1n) is 5.87. The Hall–Kier alpha value is -0.650. The normalized spacial score (nSPS) is 25.4. The van der Waals surface area contributed by atoms with Crippen molar-refractivity contribution in [2.24, 2.45) is 0 Å². The lowest BCUT2D eigenvalue weighted by Gasteiger charge is -2.26. The van der Waals surface area contributed by atoms with Gasteiger partial charge in [0.15, 0.2) is 0 Å². The molecule has 0 aliphatic carbocycles. The summed E-state index contributed by atoms with van der Waals surface area (Å²) >= 11 is 0. The molecule has 1 heterocycles. The molecule has 1 rings (SSSR count). The Bertz CT molecular complexity index is 233. The smallest absolute Gasteiger partial charge is 0.236 e. The van der Waals surface area contributed by atoms with Gasteiger partial charge in [-0.2, -0.15) is 0 Å². The van der Waals surface area contributed by atoms with Gasteiger partial charge in [0.25, 0.3) is 0 Å². The molecule has 5 heteroatoms. The highest BCUT2D eigenvalue weighted by atomic mass is 16.3. The van der Waals surface area contributed by atoms with Crippen molar-refractivity contribution < 1.29 is 9.90 Å². The number of rotatable bonds is 5. The van der Waals surface area contributed by atoms with Crippen molar-refractivity contribution >= 4 is 5.91 Å². The summed E-state index contributed by atoms with van der Waals surface area (Å²) in [5.41, 5.74) is 0. The number of carbonyl (C=O) groups excluding carboxylic acids is 1. The highest BCUT2D eigenvalue weighted by Gasteiger charge is 2.33. The standard InChI is InChI=1S/C11H23N3O2/c1-4-12-6-11(16)14-8-10(15)5-9(14)7-13(2)3/h9-10,12,15H,4-8H2,1-3H3. The molecule has 1 amide bonds. The maximum atomic E-state index is 11.9. The number of amides is 1. The fourth-order valence-electron chi connectivity index (χ4n) is 2.13. The van der Waals surface area contributed by atoms with Gasteiger partial charge in [-0.25, -0.2) is 0 Å². The molecule has 2 atom stereocenters. The minimum absolute atomic E-state index is 0.0882. The molecule has 2 N–H and O–H groups in total. The summed E-state index contributed by atoms with van der Waals surface area (Å²) in [6.07, 6.45) is 0.325. The topological polar surface area (TPSA) is 55.8 Å². The van der Waals surface area contributed by atoms with Gasteiger partial charge in [-0.05, 0) is 27.1 Å². The maximum Gasteiger partial charge on any atom is 0.236 e. The van der Waals surface area contributed by atoms with Gasteiger partial charge in [-0.3, -0.25) is 4.79 Å². The molecule has 0 aromatic heterocycles. The molecule has 0 bridgehead atoms. The second kappa shape index (κ2) is 6.18. The van der Waals surface area contributed by atoms with E-state index >= 15 is 0 Å². The summed E-state index contributed by atoms with van der Waals surface area (Å²) in [5, 5.41) is 12.7. The van der Waals surface area contributed by atoms with Crippen LogP contribution in [0.4, 0.5) is 0 Å². The minimum Gasteiger partial charge on any atom is -0.391 e. The van der Waals surface area contributed by atoms with Crippen LogP contribution in [0.2, 0.25) is 0 Å². The SMILES string of the molecule is CCNCC(=O)N1CC(O)CC1CN(C)C. The summed E-state index contributed by atoms with van der Waals surface area (Å²) in [6.45, 7) is 4.43. The Morgan fingerprint density at radius 3 is 2.81 bits per heavy atom. The second-order valence-electron chi connectivity index (χ2n) is 4.63. The fraction of sp³-hybridized carbons (Fsp3) is 0.909. The van der Waals surface area contributed by atoms with Crippen molar-refractivity contribution in [3.63, 3.8) is 0 Å². The Labute approximate surface area is 97.4 Å². The highest BCUT2D eigenvalue weighted by Crippen LogP contribution is 2.18. The molecular weight excluding hydrogens is 206 g/mol. The lowest BCUT2D eigenvalue weighted by atomic mass is 10.2. The molecule has 16 heavy (non-hydrogen) atoms. The van der Waals surface area contributed by atoms with E-state index < -0.39 is 0 Å². The van der Waals surface area contributed by atoms with E-state index in [-0.39, 0.29) is 18.1 Å². The van der Waals surface area contributed by atoms with E-state index in [0.29, 0.717) is 19.5 Å². The molecule has 1 aliphatic rings. The molecule has 0 aromatic carbocycles. The Balaban J connectivity index is 2.51. The van der Waals surface area contributed by atoms with Gasteiger partial charge in [-0.1, -0.05) is 6.92 Å². The Morgan fingerprint density at radius 1 is 1.56 bits per heavy atom. The number of hydrogen-bond acceptors (Lipinski definition) is 4. The number of nitrogens with one attached hydrogen (secondary N) is 1. The Morgan fingerprint density at radius 2 is 2.25 bits per heavy atom. The van der Waals surface area contributed by atoms with Crippen LogP contribution in [0.1, 0.15) is 13.3 Å². The molecule has 2 unspecified atom stereocenters. The van der Waals surface area contributed by atoms with Gasteiger partial charge in [0.1, 0.15) is 0 Å². The van der Waals surface area contributed by atoms with Crippen LogP contribution in [0.15, 0.2) is 0 Å². The number of aliphatic hydroxyl groups is 1. The maximum absolute atomic E-state index is 11.9. The second-order valence-corrected chi connectivity index (χ2v) is 4.63. The van der Waals surface area contributed by atoms with E-state index in [2.05, 4.69) is 10.2 Å². The van der Waals surface area contributed by atoms with Gasteiger partial charge in [0, 0.05) is 19.1 Å². The number of carbonyl (C=O) groups is 1. The predicted molar refractivity (Wildman–Crippen MR) is 63.2 cm³/mol. The molecular formula is C11H23N3O2. The lowest BCUT2D eigenvalue weighted by Crippen LogP contribution is -2.45. The van der Waals surface area contributed by atoms with E-state index in [1.807, 2.05) is 21.0 Å². The van der Waals surface area contributed by atoms with Gasteiger partial charge < -0.3 is 20.2 Å². The molecule has 0 saturated carbocycles. The number of likely N-dealkylation sites (tertiary alicyclic amines) is 1. The number of β-amino-alcohol motifs (C(OH)–C–C–N with tert-alkyl or cyclic N) is 1. The van der Waals surface area contributed by atoms with Crippen molar-refractivity contribution in [2.75, 3.05) is 40.3 Å². The molecule has 1 fully saturated rings. The first-order chi connectivity index (χ1) is 7.54. The molecule has 5 nitrogen and oxygen atoms in total. The van der Waals surface area contributed by atoms with E-state index in [1.165, 1.54) is 0 Å². The van der Waals surface area contributed by atoms with Crippen LogP contribution < -0.4 is 5.32 Å². The third-order valence-electron chi connectivity index (χ3n) is 2.81. The number of likely N-dealkylation sites (N-methyl/N-ethyl adjacent to an activating group) is 2. The average Bonchev–Trinajstić information content (AvgIpc) is 2.55. The molecule has 1 aliphatic heterocycles. The first kappa shape index (κ1) is 13.4. The average molecular weight is 229 g/mol. The quantitative estimate of drug-likeness (QED) is 0.643. The zero-order valence-electron chi connectivity index (χ0n) is 10.4. The first-order valence-corrected chi connectivity index (χ1v) is 5.87. The summed E-state index contributed by atoms with van der Waals surface area (Å²) in [7, 11) is 3.97. The van der Waals surface area contributed by atoms with E-state index in [0.717, 1.165) is 13.1 Å². The zero-order chi connectivity index (χ0) is 12.1. The van der Waals surface area contributed by atoms with Crippen LogP contribution in [0, 0.1) is 0 Å². The van der Waals surface area contributed by atoms with Crippen molar-refractivity contribution in [3.8, 4) is 0 Å². The van der Waals surface area contributed by atoms with Crippen LogP contribution in [0.3, 0.4) is 0 Å². The van der Waals surface area contributed by atoms with Crippen LogP contribution in [0.5, 0.6) is 0 Å².